The number of hydrogen-bond acceptors (Lipinski definition) is 4. The van der Waals surface area contributed by atoms with Gasteiger partial charge >= 0.3 is 5.69 Å². The second-order valence-corrected chi connectivity index (χ2v) is 2.09. The summed E-state index contributed by atoms with van der Waals surface area (Å²) in [7, 11) is 3.09. The van der Waals surface area contributed by atoms with Gasteiger partial charge in [-0.3, -0.25) is 4.79 Å². The molecular weight excluding hydrogens is 160 g/mol. The summed E-state index contributed by atoms with van der Waals surface area (Å²) in [6, 6.07) is 1.29. The lowest BCUT2D eigenvalue weighted by Crippen LogP contribution is -2.44. The minimum atomic E-state index is -0.451. The van der Waals surface area contributed by atoms with Crippen LogP contribution in [0.4, 0.5) is 0 Å². The second-order valence-electron chi connectivity index (χ2n) is 2.09. The highest BCUT2D eigenvalue weighted by Crippen LogP contribution is 1.67. The Morgan fingerprint density at radius 3 is 2.42 bits per heavy atom. The van der Waals surface area contributed by atoms with Crippen LogP contribution in [0.15, 0.2) is 21.9 Å². The fourth-order valence-electron chi connectivity index (χ4n) is 0.855. The van der Waals surface area contributed by atoms with Gasteiger partial charge in [-0.05, 0) is 0 Å². The van der Waals surface area contributed by atoms with Gasteiger partial charge in [0.2, 0.25) is 0 Å². The average Bonchev–Trinajstić information content (AvgIpc) is 2.06. The topological polar surface area (TPSA) is 68.1 Å². The molecule has 2 N–H and O–H groups in total. The van der Waals surface area contributed by atoms with Crippen molar-refractivity contribution in [2.24, 2.45) is 0 Å². The molecule has 1 heterocycles. The van der Waals surface area contributed by atoms with E-state index in [0.29, 0.717) is 0 Å². The summed E-state index contributed by atoms with van der Waals surface area (Å²) in [6.07, 6.45) is 1.37. The van der Waals surface area contributed by atoms with Crippen molar-refractivity contribution >= 4 is 0 Å². The third kappa shape index (κ3) is 1.18. The molecule has 0 aliphatic carbocycles. The highest BCUT2D eigenvalue weighted by molar-refractivity contribution is 4.89. The first-order chi connectivity index (χ1) is 5.70. The first-order valence-corrected chi connectivity index (χ1v) is 3.41. The Kier molecular flexibility index (Phi) is 2.18. The van der Waals surface area contributed by atoms with E-state index in [4.69, 9.17) is 0 Å². The van der Waals surface area contributed by atoms with Gasteiger partial charge in [-0.2, -0.15) is 4.68 Å². The van der Waals surface area contributed by atoms with E-state index in [9.17, 15) is 9.59 Å². The Labute approximate surface area is 68.4 Å². The minimum absolute atomic E-state index is 0.381. The maximum absolute atomic E-state index is 11.3. The van der Waals surface area contributed by atoms with E-state index < -0.39 is 5.69 Å². The molecule has 1 aromatic rings. The molecular formula is C6H10N4O2. The lowest BCUT2D eigenvalue weighted by atomic mass is 10.6. The van der Waals surface area contributed by atoms with E-state index in [-0.39, 0.29) is 5.56 Å². The zero-order valence-corrected chi connectivity index (χ0v) is 6.87. The van der Waals surface area contributed by atoms with Crippen LogP contribution in [-0.2, 0) is 0 Å². The summed E-state index contributed by atoms with van der Waals surface area (Å²) in [5, 5.41) is 0. The molecule has 0 fully saturated rings. The van der Waals surface area contributed by atoms with Gasteiger partial charge in [0.15, 0.2) is 0 Å². The zero-order valence-electron chi connectivity index (χ0n) is 6.87. The van der Waals surface area contributed by atoms with Gasteiger partial charge in [0, 0.05) is 26.4 Å². The molecule has 66 valence electrons. The summed E-state index contributed by atoms with van der Waals surface area (Å²) >= 11 is 0. The third-order valence-corrected chi connectivity index (χ3v) is 1.45. The van der Waals surface area contributed by atoms with Crippen LogP contribution in [0.2, 0.25) is 0 Å². The van der Waals surface area contributed by atoms with Crippen molar-refractivity contribution in [2.75, 3.05) is 24.9 Å². The van der Waals surface area contributed by atoms with Crippen molar-refractivity contribution in [1.82, 2.24) is 9.35 Å². The summed E-state index contributed by atoms with van der Waals surface area (Å²) in [5.41, 5.74) is 4.24. The highest BCUT2D eigenvalue weighted by Gasteiger charge is 1.99. The van der Waals surface area contributed by atoms with Crippen molar-refractivity contribution in [2.45, 2.75) is 0 Å². The zero-order chi connectivity index (χ0) is 9.14. The molecule has 0 aliphatic rings. The molecule has 12 heavy (non-hydrogen) atoms. The maximum atomic E-state index is 11.3. The van der Waals surface area contributed by atoms with E-state index >= 15 is 0 Å². The summed E-state index contributed by atoms with van der Waals surface area (Å²) in [6.45, 7) is 0. The lowest BCUT2D eigenvalue weighted by molar-refractivity contribution is 0.703. The molecule has 0 aliphatic heterocycles. The molecule has 0 saturated heterocycles. The van der Waals surface area contributed by atoms with Crippen LogP contribution >= 0.6 is 0 Å². The largest absolute Gasteiger partial charge is 0.368 e. The highest BCUT2D eigenvalue weighted by atomic mass is 16.2. The van der Waals surface area contributed by atoms with Crippen LogP contribution < -0.4 is 22.1 Å². The van der Waals surface area contributed by atoms with Gasteiger partial charge in [-0.1, -0.05) is 0 Å². The number of nitrogens with one attached hydrogen (secondary N) is 2. The third-order valence-electron chi connectivity index (χ3n) is 1.45. The Morgan fingerprint density at radius 2 is 1.92 bits per heavy atom. The Hall–Kier alpha value is -1.72. The van der Waals surface area contributed by atoms with Gasteiger partial charge in [0.1, 0.15) is 0 Å². The average molecular weight is 170 g/mol. The van der Waals surface area contributed by atoms with Crippen LogP contribution in [0.3, 0.4) is 0 Å². The molecule has 1 rings (SSSR count). The standard InChI is InChI=1S/C6H10N4O2/c1-7-9-4-3-5(11)10(8-2)6(9)12/h3-4,7-8H,1-2H3. The molecule has 0 bridgehead atoms. The van der Waals surface area contributed by atoms with Crippen LogP contribution in [0.5, 0.6) is 0 Å². The van der Waals surface area contributed by atoms with Crippen LogP contribution in [0, 0.1) is 0 Å². The second kappa shape index (κ2) is 3.12. The number of nitrogens with zero attached hydrogens (tertiary/aromatic N) is 2. The van der Waals surface area contributed by atoms with Crippen molar-refractivity contribution in [3.63, 3.8) is 0 Å². The molecule has 0 amide bonds. The van der Waals surface area contributed by atoms with Gasteiger partial charge < -0.3 is 10.9 Å². The summed E-state index contributed by atoms with van der Waals surface area (Å²) in [4.78, 5) is 22.3. The Bertz CT molecular complexity index is 378. The minimum Gasteiger partial charge on any atom is -0.325 e. The van der Waals surface area contributed by atoms with E-state index in [2.05, 4.69) is 10.9 Å². The summed E-state index contributed by atoms with van der Waals surface area (Å²) in [5.74, 6) is 0. The monoisotopic (exact) mass is 170 g/mol. The van der Waals surface area contributed by atoms with Crippen LogP contribution in [0.1, 0.15) is 0 Å². The molecule has 6 heteroatoms. The van der Waals surface area contributed by atoms with Gasteiger partial charge in [-0.25, -0.2) is 9.47 Å². The van der Waals surface area contributed by atoms with Gasteiger partial charge in [0.25, 0.3) is 5.56 Å². The fourth-order valence-corrected chi connectivity index (χ4v) is 0.855. The Morgan fingerprint density at radius 1 is 1.25 bits per heavy atom. The van der Waals surface area contributed by atoms with E-state index in [1.165, 1.54) is 24.0 Å². The quantitative estimate of drug-likeness (QED) is 0.558. The maximum Gasteiger partial charge on any atom is 0.368 e. The molecule has 0 radical (unpaired) electrons. The molecule has 1 aromatic heterocycles. The normalized spacial score (nSPS) is 9.50. The number of rotatable bonds is 2. The predicted molar refractivity (Wildman–Crippen MR) is 45.5 cm³/mol. The van der Waals surface area contributed by atoms with Crippen molar-refractivity contribution < 1.29 is 0 Å². The number of hydrogen-bond donors (Lipinski definition) is 2. The van der Waals surface area contributed by atoms with Gasteiger partial charge in [0.05, 0.1) is 0 Å². The first-order valence-electron chi connectivity index (χ1n) is 3.41. The van der Waals surface area contributed by atoms with E-state index in [1.54, 1.807) is 7.05 Å². The SMILES string of the molecule is CNn1ccc(=O)n(NC)c1=O. The van der Waals surface area contributed by atoms with Crippen LogP contribution in [0.25, 0.3) is 0 Å². The lowest BCUT2D eigenvalue weighted by Gasteiger charge is -2.06. The van der Waals surface area contributed by atoms with Gasteiger partial charge in [-0.15, -0.1) is 0 Å². The molecule has 0 spiro atoms. The van der Waals surface area contributed by atoms with E-state index in [0.717, 1.165) is 4.68 Å². The predicted octanol–water partition coefficient (Wildman–Crippen LogP) is -1.64. The molecule has 6 nitrogen and oxygen atoms in total. The molecule has 0 atom stereocenters. The van der Waals surface area contributed by atoms with E-state index in [1.807, 2.05) is 0 Å². The molecule has 0 unspecified atom stereocenters. The first kappa shape index (κ1) is 8.38. The number of aromatic nitrogens is 2. The Balaban J connectivity index is 3.45. The molecule has 0 saturated carbocycles. The fraction of sp³-hybridized carbons (Fsp3) is 0.333. The van der Waals surface area contributed by atoms with Crippen molar-refractivity contribution in [3.8, 4) is 0 Å². The van der Waals surface area contributed by atoms with Crippen molar-refractivity contribution in [1.29, 1.82) is 0 Å². The van der Waals surface area contributed by atoms with Crippen LogP contribution in [-0.4, -0.2) is 23.4 Å². The summed E-state index contributed by atoms with van der Waals surface area (Å²) < 4.78 is 2.09. The van der Waals surface area contributed by atoms with Crippen molar-refractivity contribution in [3.05, 3.63) is 33.1 Å². The molecule has 0 aromatic carbocycles. The smallest absolute Gasteiger partial charge is 0.325 e.